The minimum absolute atomic E-state index is 0.149. The molecule has 0 bridgehead atoms. The second-order valence-electron chi connectivity index (χ2n) is 7.41. The maximum atomic E-state index is 12.8. The first-order valence-electron chi connectivity index (χ1n) is 7.55. The molecule has 0 unspecified atom stereocenters. The summed E-state index contributed by atoms with van der Waals surface area (Å²) in [7, 11) is 2.39. The third kappa shape index (κ3) is 2.47. The van der Waals surface area contributed by atoms with E-state index in [2.05, 4.69) is 10.1 Å². The van der Waals surface area contributed by atoms with Crippen LogP contribution in [0.4, 0.5) is 14.4 Å². The standard InChI is InChI=1S/C15H23N3O6/c1-13(2)7-15(8-14(3,4)18(13)12(22)24-6)9(19)17(10(20)16-15)11(21)23-5/h7-8H2,1-6H3,(H,16,20). The van der Waals surface area contributed by atoms with Crippen molar-refractivity contribution in [2.45, 2.75) is 57.2 Å². The van der Waals surface area contributed by atoms with E-state index in [4.69, 9.17) is 4.74 Å². The molecule has 2 aliphatic heterocycles. The monoisotopic (exact) mass is 341 g/mol. The number of nitrogens with one attached hydrogen (secondary N) is 1. The molecule has 0 radical (unpaired) electrons. The van der Waals surface area contributed by atoms with Crippen LogP contribution < -0.4 is 5.32 Å². The van der Waals surface area contributed by atoms with Crippen molar-refractivity contribution in [3.05, 3.63) is 0 Å². The summed E-state index contributed by atoms with van der Waals surface area (Å²) in [5.41, 5.74) is -2.85. The van der Waals surface area contributed by atoms with Crippen LogP contribution in [0.1, 0.15) is 40.5 Å². The lowest BCUT2D eigenvalue weighted by atomic mass is 9.69. The van der Waals surface area contributed by atoms with Crippen molar-refractivity contribution in [2.75, 3.05) is 14.2 Å². The zero-order valence-electron chi connectivity index (χ0n) is 14.8. The zero-order chi connectivity index (χ0) is 18.5. The number of nitrogens with zero attached hydrogens (tertiary/aromatic N) is 2. The Balaban J connectivity index is 2.45. The molecule has 1 spiro atoms. The third-order valence-corrected chi connectivity index (χ3v) is 4.56. The maximum Gasteiger partial charge on any atom is 0.424 e. The molecule has 0 saturated carbocycles. The van der Waals surface area contributed by atoms with Gasteiger partial charge in [0.25, 0.3) is 5.91 Å². The van der Waals surface area contributed by atoms with Crippen LogP contribution in [-0.4, -0.2) is 64.8 Å². The molecule has 0 aromatic carbocycles. The molecule has 1 N–H and O–H groups in total. The topological polar surface area (TPSA) is 105 Å². The summed E-state index contributed by atoms with van der Waals surface area (Å²) in [6.45, 7) is 7.14. The van der Waals surface area contributed by atoms with Crippen molar-refractivity contribution in [3.8, 4) is 0 Å². The molecular weight excluding hydrogens is 318 g/mol. The lowest BCUT2D eigenvalue weighted by molar-refractivity contribution is -0.137. The molecule has 9 nitrogen and oxygen atoms in total. The van der Waals surface area contributed by atoms with Gasteiger partial charge in [-0.05, 0) is 27.7 Å². The number of amides is 5. The van der Waals surface area contributed by atoms with E-state index in [0.29, 0.717) is 4.90 Å². The van der Waals surface area contributed by atoms with Crippen molar-refractivity contribution < 1.29 is 28.7 Å². The summed E-state index contributed by atoms with van der Waals surface area (Å²) in [4.78, 5) is 50.9. The predicted molar refractivity (Wildman–Crippen MR) is 82.1 cm³/mol. The second-order valence-corrected chi connectivity index (χ2v) is 7.41. The van der Waals surface area contributed by atoms with E-state index in [1.54, 1.807) is 32.6 Å². The van der Waals surface area contributed by atoms with Crippen LogP contribution in [0.5, 0.6) is 0 Å². The van der Waals surface area contributed by atoms with Gasteiger partial charge in [-0.25, -0.2) is 14.4 Å². The quantitative estimate of drug-likeness (QED) is 0.669. The van der Waals surface area contributed by atoms with Crippen molar-refractivity contribution in [2.24, 2.45) is 0 Å². The summed E-state index contributed by atoms with van der Waals surface area (Å²) >= 11 is 0. The van der Waals surface area contributed by atoms with E-state index in [1.165, 1.54) is 7.11 Å². The Kier molecular flexibility index (Phi) is 4.02. The number of rotatable bonds is 0. The highest BCUT2D eigenvalue weighted by atomic mass is 16.5. The zero-order valence-corrected chi connectivity index (χ0v) is 14.8. The Morgan fingerprint density at radius 1 is 0.958 bits per heavy atom. The summed E-state index contributed by atoms with van der Waals surface area (Å²) < 4.78 is 9.38. The van der Waals surface area contributed by atoms with E-state index in [1.807, 2.05) is 0 Å². The number of carbonyl (C=O) groups is 4. The van der Waals surface area contributed by atoms with Gasteiger partial charge in [0.15, 0.2) is 0 Å². The number of hydrogen-bond donors (Lipinski definition) is 1. The highest BCUT2D eigenvalue weighted by Gasteiger charge is 2.63. The van der Waals surface area contributed by atoms with Gasteiger partial charge in [-0.1, -0.05) is 0 Å². The number of methoxy groups -OCH3 is 2. The van der Waals surface area contributed by atoms with Gasteiger partial charge in [0.05, 0.1) is 14.2 Å². The molecule has 5 amide bonds. The first-order chi connectivity index (χ1) is 10.9. The van der Waals surface area contributed by atoms with Crippen molar-refractivity contribution in [1.29, 1.82) is 0 Å². The molecule has 0 atom stereocenters. The largest absolute Gasteiger partial charge is 0.453 e. The summed E-state index contributed by atoms with van der Waals surface area (Å²) in [5, 5.41) is 2.63. The van der Waals surface area contributed by atoms with Crippen LogP contribution in [0.3, 0.4) is 0 Å². The molecule has 0 aromatic heterocycles. The van der Waals surface area contributed by atoms with Crippen LogP contribution in [0.25, 0.3) is 0 Å². The average Bonchev–Trinajstić information content (AvgIpc) is 2.65. The molecule has 24 heavy (non-hydrogen) atoms. The molecule has 9 heteroatoms. The number of hydrogen-bond acceptors (Lipinski definition) is 6. The Bertz CT molecular complexity index is 594. The van der Waals surface area contributed by atoms with Crippen molar-refractivity contribution in [3.63, 3.8) is 0 Å². The van der Waals surface area contributed by atoms with Crippen LogP contribution >= 0.6 is 0 Å². The van der Waals surface area contributed by atoms with Gasteiger partial charge in [0.1, 0.15) is 5.54 Å². The molecular formula is C15H23N3O6. The molecule has 0 aliphatic carbocycles. The fourth-order valence-electron chi connectivity index (χ4n) is 4.22. The maximum absolute atomic E-state index is 12.8. The second kappa shape index (κ2) is 5.35. The molecule has 2 heterocycles. The number of ether oxygens (including phenoxy) is 2. The molecule has 2 aliphatic rings. The average molecular weight is 341 g/mol. The van der Waals surface area contributed by atoms with Crippen LogP contribution in [0, 0.1) is 0 Å². The van der Waals surface area contributed by atoms with Crippen LogP contribution in [0.15, 0.2) is 0 Å². The Hall–Kier alpha value is -2.32. The minimum atomic E-state index is -1.28. The van der Waals surface area contributed by atoms with Gasteiger partial charge >= 0.3 is 18.2 Å². The van der Waals surface area contributed by atoms with E-state index in [-0.39, 0.29) is 12.8 Å². The Morgan fingerprint density at radius 3 is 1.83 bits per heavy atom. The highest BCUT2D eigenvalue weighted by molar-refractivity contribution is 6.17. The first kappa shape index (κ1) is 18.0. The summed E-state index contributed by atoms with van der Waals surface area (Å²) in [6, 6.07) is -0.815. The first-order valence-corrected chi connectivity index (χ1v) is 7.55. The van der Waals surface area contributed by atoms with E-state index in [0.717, 1.165) is 7.11 Å². The van der Waals surface area contributed by atoms with Crippen LogP contribution in [-0.2, 0) is 14.3 Å². The number of urea groups is 1. The third-order valence-electron chi connectivity index (χ3n) is 4.56. The van der Waals surface area contributed by atoms with Gasteiger partial charge in [-0.3, -0.25) is 9.69 Å². The van der Waals surface area contributed by atoms with Gasteiger partial charge in [0, 0.05) is 23.9 Å². The highest BCUT2D eigenvalue weighted by Crippen LogP contribution is 2.46. The van der Waals surface area contributed by atoms with E-state index < -0.39 is 40.7 Å². The summed E-state index contributed by atoms with van der Waals surface area (Å²) in [5.74, 6) is -0.662. The van der Waals surface area contributed by atoms with Gasteiger partial charge in [-0.15, -0.1) is 0 Å². The molecule has 2 rings (SSSR count). The fourth-order valence-corrected chi connectivity index (χ4v) is 4.22. The Morgan fingerprint density at radius 2 is 1.42 bits per heavy atom. The fraction of sp³-hybridized carbons (Fsp3) is 0.733. The molecule has 134 valence electrons. The number of likely N-dealkylation sites (tertiary alicyclic amines) is 1. The SMILES string of the molecule is COC(=O)N1C(=O)NC2(CC(C)(C)N(C(=O)OC)C(C)(C)C2)C1=O. The number of piperidine rings is 1. The van der Waals surface area contributed by atoms with Gasteiger partial charge in [0.2, 0.25) is 0 Å². The van der Waals surface area contributed by atoms with Crippen molar-refractivity contribution >= 4 is 24.1 Å². The van der Waals surface area contributed by atoms with Gasteiger partial charge < -0.3 is 14.8 Å². The van der Waals surface area contributed by atoms with Crippen LogP contribution in [0.2, 0.25) is 0 Å². The van der Waals surface area contributed by atoms with Crippen molar-refractivity contribution in [1.82, 2.24) is 15.1 Å². The molecule has 0 aromatic rings. The molecule has 2 fully saturated rings. The smallest absolute Gasteiger partial charge is 0.424 e. The van der Waals surface area contributed by atoms with E-state index >= 15 is 0 Å². The molecule has 2 saturated heterocycles. The minimum Gasteiger partial charge on any atom is -0.453 e. The van der Waals surface area contributed by atoms with E-state index in [9.17, 15) is 19.2 Å². The predicted octanol–water partition coefficient (Wildman–Crippen LogP) is 1.46. The lowest BCUT2D eigenvalue weighted by Crippen LogP contribution is -2.71. The number of imide groups is 3. The Labute approximate surface area is 140 Å². The number of carbonyl (C=O) groups excluding carboxylic acids is 4. The normalized spacial score (nSPS) is 23.9. The lowest BCUT2D eigenvalue weighted by Gasteiger charge is -2.56. The summed E-state index contributed by atoms with van der Waals surface area (Å²) in [6.07, 6.45) is -1.24. The van der Waals surface area contributed by atoms with Gasteiger partial charge in [-0.2, -0.15) is 4.90 Å².